The largest absolute Gasteiger partial charge is 0.477 e. The Hall–Kier alpha value is -0.960. The quantitative estimate of drug-likeness (QED) is 0.672. The van der Waals surface area contributed by atoms with Gasteiger partial charge in [0, 0.05) is 18.0 Å². The minimum atomic E-state index is -3.71. The number of carboxylic acids is 1. The van der Waals surface area contributed by atoms with Crippen LogP contribution in [-0.4, -0.2) is 37.8 Å². The molecule has 1 heterocycles. The smallest absolute Gasteiger partial charge is 0.345 e. The van der Waals surface area contributed by atoms with E-state index in [-0.39, 0.29) is 28.8 Å². The van der Waals surface area contributed by atoms with Crippen LogP contribution in [0.2, 0.25) is 0 Å². The molecule has 1 aromatic rings. The molecule has 0 aliphatic rings. The Balaban J connectivity index is 2.86. The summed E-state index contributed by atoms with van der Waals surface area (Å²) in [5.74, 6) is -1.07. The van der Waals surface area contributed by atoms with Gasteiger partial charge in [0.2, 0.25) is 10.0 Å². The van der Waals surface area contributed by atoms with E-state index >= 15 is 0 Å². The lowest BCUT2D eigenvalue weighted by molar-refractivity contribution is 0.0702. The molecule has 0 radical (unpaired) electrons. The molecule has 0 aliphatic carbocycles. The van der Waals surface area contributed by atoms with Gasteiger partial charge in [-0.3, -0.25) is 0 Å². The highest BCUT2D eigenvalue weighted by Crippen LogP contribution is 2.25. The van der Waals surface area contributed by atoms with E-state index in [1.807, 2.05) is 6.92 Å². The maximum absolute atomic E-state index is 12.2. The van der Waals surface area contributed by atoms with E-state index in [1.165, 1.54) is 6.07 Å². The summed E-state index contributed by atoms with van der Waals surface area (Å²) >= 11 is 0.941. The Labute approximate surface area is 122 Å². The summed E-state index contributed by atoms with van der Waals surface area (Å²) in [4.78, 5) is 11.3. The maximum Gasteiger partial charge on any atom is 0.345 e. The molecule has 0 aromatic carbocycles. The molecule has 0 spiro atoms. The van der Waals surface area contributed by atoms with E-state index < -0.39 is 16.0 Å². The number of hydrogen-bond donors (Lipinski definition) is 3. The molecule has 20 heavy (non-hydrogen) atoms. The first-order valence-corrected chi connectivity index (χ1v) is 8.56. The van der Waals surface area contributed by atoms with Crippen molar-refractivity contribution in [3.8, 4) is 0 Å². The molecule has 3 N–H and O–H groups in total. The Morgan fingerprint density at radius 1 is 1.50 bits per heavy atom. The standard InChI is InChI=1S/C12H19NO5S2/c1-3-9(4-5-14)7-13-20(17,18)11-6-10(12(15)16)19-8(11)2/h6,9,13-14H,3-5,7H2,1-2H3,(H,15,16). The van der Waals surface area contributed by atoms with Crippen molar-refractivity contribution in [1.29, 1.82) is 0 Å². The van der Waals surface area contributed by atoms with E-state index in [2.05, 4.69) is 4.72 Å². The summed E-state index contributed by atoms with van der Waals surface area (Å²) < 4.78 is 26.8. The van der Waals surface area contributed by atoms with Crippen molar-refractivity contribution in [1.82, 2.24) is 4.72 Å². The van der Waals surface area contributed by atoms with E-state index in [1.54, 1.807) is 6.92 Å². The molecule has 6 nitrogen and oxygen atoms in total. The van der Waals surface area contributed by atoms with Crippen LogP contribution in [0, 0.1) is 12.8 Å². The van der Waals surface area contributed by atoms with Crippen LogP contribution in [-0.2, 0) is 10.0 Å². The molecule has 114 valence electrons. The van der Waals surface area contributed by atoms with Gasteiger partial charge in [-0.15, -0.1) is 11.3 Å². The van der Waals surface area contributed by atoms with E-state index in [0.29, 0.717) is 11.3 Å². The fraction of sp³-hybridized carbons (Fsp3) is 0.583. The molecule has 1 atom stereocenters. The zero-order valence-corrected chi connectivity index (χ0v) is 13.1. The predicted octanol–water partition coefficient (Wildman–Crippen LogP) is 1.44. The van der Waals surface area contributed by atoms with E-state index in [9.17, 15) is 13.2 Å². The number of thiophene rings is 1. The van der Waals surface area contributed by atoms with Gasteiger partial charge in [0.1, 0.15) is 4.88 Å². The van der Waals surface area contributed by atoms with Gasteiger partial charge in [-0.05, 0) is 25.3 Å². The second-order valence-corrected chi connectivity index (χ2v) is 7.47. The topological polar surface area (TPSA) is 104 Å². The van der Waals surface area contributed by atoms with Gasteiger partial charge in [-0.2, -0.15) is 0 Å². The van der Waals surface area contributed by atoms with Crippen LogP contribution in [0.4, 0.5) is 0 Å². The Bertz CT molecular complexity index is 564. The third-order valence-electron chi connectivity index (χ3n) is 3.05. The van der Waals surface area contributed by atoms with E-state index in [4.69, 9.17) is 10.2 Å². The van der Waals surface area contributed by atoms with Crippen LogP contribution >= 0.6 is 11.3 Å². The first kappa shape index (κ1) is 17.1. The number of aliphatic hydroxyl groups is 1. The lowest BCUT2D eigenvalue weighted by atomic mass is 10.0. The van der Waals surface area contributed by atoms with Gasteiger partial charge < -0.3 is 10.2 Å². The monoisotopic (exact) mass is 321 g/mol. The maximum atomic E-state index is 12.2. The summed E-state index contributed by atoms with van der Waals surface area (Å²) in [7, 11) is -3.71. The number of aliphatic hydroxyl groups excluding tert-OH is 1. The molecular weight excluding hydrogens is 302 g/mol. The number of rotatable bonds is 8. The third kappa shape index (κ3) is 4.27. The summed E-state index contributed by atoms with van der Waals surface area (Å²) in [6.07, 6.45) is 1.29. The van der Waals surface area contributed by atoms with Gasteiger partial charge in [-0.25, -0.2) is 17.9 Å². The number of hydrogen-bond acceptors (Lipinski definition) is 5. The van der Waals surface area contributed by atoms with Crippen molar-refractivity contribution in [3.05, 3.63) is 15.8 Å². The van der Waals surface area contributed by atoms with Crippen LogP contribution in [0.25, 0.3) is 0 Å². The van der Waals surface area contributed by atoms with Crippen LogP contribution in [0.5, 0.6) is 0 Å². The Morgan fingerprint density at radius 2 is 2.15 bits per heavy atom. The zero-order chi connectivity index (χ0) is 15.3. The predicted molar refractivity (Wildman–Crippen MR) is 76.7 cm³/mol. The van der Waals surface area contributed by atoms with Crippen LogP contribution in [0.3, 0.4) is 0 Å². The van der Waals surface area contributed by atoms with Crippen molar-refractivity contribution >= 4 is 27.3 Å². The SMILES string of the molecule is CCC(CCO)CNS(=O)(=O)c1cc(C(=O)O)sc1C. The summed E-state index contributed by atoms with van der Waals surface area (Å²) in [5, 5.41) is 17.8. The highest BCUT2D eigenvalue weighted by atomic mass is 32.2. The number of carbonyl (C=O) groups is 1. The third-order valence-corrected chi connectivity index (χ3v) is 5.77. The molecule has 0 saturated heterocycles. The first-order chi connectivity index (χ1) is 9.31. The Kier molecular flexibility index (Phi) is 6.12. The van der Waals surface area contributed by atoms with Crippen LogP contribution in [0.1, 0.15) is 34.3 Å². The average molecular weight is 321 g/mol. The van der Waals surface area contributed by atoms with Crippen LogP contribution < -0.4 is 4.72 Å². The number of aryl methyl sites for hydroxylation is 1. The second kappa shape index (κ2) is 7.16. The number of nitrogens with one attached hydrogen (secondary N) is 1. The molecule has 1 aromatic heterocycles. The van der Waals surface area contributed by atoms with Crippen molar-refractivity contribution < 1.29 is 23.4 Å². The molecule has 8 heteroatoms. The number of aromatic carboxylic acids is 1. The summed E-state index contributed by atoms with van der Waals surface area (Å²) in [6, 6.07) is 1.18. The lowest BCUT2D eigenvalue weighted by Crippen LogP contribution is -2.29. The van der Waals surface area contributed by atoms with Gasteiger partial charge in [0.15, 0.2) is 0 Å². The van der Waals surface area contributed by atoms with Gasteiger partial charge in [-0.1, -0.05) is 13.3 Å². The van der Waals surface area contributed by atoms with E-state index in [0.717, 1.165) is 17.8 Å². The molecule has 1 rings (SSSR count). The molecule has 0 bridgehead atoms. The zero-order valence-electron chi connectivity index (χ0n) is 11.4. The fourth-order valence-corrected chi connectivity index (χ4v) is 4.32. The molecular formula is C12H19NO5S2. The van der Waals surface area contributed by atoms with Crippen LogP contribution in [0.15, 0.2) is 11.0 Å². The lowest BCUT2D eigenvalue weighted by Gasteiger charge is -2.14. The van der Waals surface area contributed by atoms with Crippen molar-refractivity contribution in [2.45, 2.75) is 31.6 Å². The van der Waals surface area contributed by atoms with Gasteiger partial charge >= 0.3 is 5.97 Å². The fourth-order valence-electron chi connectivity index (χ4n) is 1.78. The Morgan fingerprint density at radius 3 is 2.60 bits per heavy atom. The molecule has 0 fully saturated rings. The van der Waals surface area contributed by atoms with Crippen molar-refractivity contribution in [3.63, 3.8) is 0 Å². The van der Waals surface area contributed by atoms with Gasteiger partial charge in [0.25, 0.3) is 0 Å². The minimum Gasteiger partial charge on any atom is -0.477 e. The van der Waals surface area contributed by atoms with Crippen molar-refractivity contribution in [2.75, 3.05) is 13.2 Å². The molecule has 1 unspecified atom stereocenters. The molecule has 0 aliphatic heterocycles. The number of carboxylic acid groups (broad SMARTS) is 1. The normalized spacial score (nSPS) is 13.3. The second-order valence-electron chi connectivity index (χ2n) is 4.47. The van der Waals surface area contributed by atoms with Crippen molar-refractivity contribution in [2.24, 2.45) is 5.92 Å². The minimum absolute atomic E-state index is 0.00488. The average Bonchev–Trinajstić information content (AvgIpc) is 2.77. The van der Waals surface area contributed by atoms with Gasteiger partial charge in [0.05, 0.1) is 4.90 Å². The summed E-state index contributed by atoms with van der Waals surface area (Å²) in [5.41, 5.74) is 0. The summed E-state index contributed by atoms with van der Waals surface area (Å²) in [6.45, 7) is 3.75. The first-order valence-electron chi connectivity index (χ1n) is 6.26. The molecule has 0 saturated carbocycles. The highest BCUT2D eigenvalue weighted by Gasteiger charge is 2.22. The highest BCUT2D eigenvalue weighted by molar-refractivity contribution is 7.89. The number of sulfonamides is 1. The molecule has 0 amide bonds.